The van der Waals surface area contributed by atoms with Gasteiger partial charge in [-0.15, -0.1) is 0 Å². The maximum Gasteiger partial charge on any atom is 0.389 e. The van der Waals surface area contributed by atoms with Gasteiger partial charge in [0.15, 0.2) is 6.29 Å². The Balaban J connectivity index is 2.39. The highest BCUT2D eigenvalue weighted by Gasteiger charge is 2.18. The molecule has 0 radical (unpaired) electrons. The van der Waals surface area contributed by atoms with Crippen LogP contribution in [0, 0.1) is 17.3 Å². The first-order valence-electron chi connectivity index (χ1n) is 7.42. The van der Waals surface area contributed by atoms with Crippen molar-refractivity contribution in [1.82, 2.24) is 0 Å². The minimum atomic E-state index is -0.550. The van der Waals surface area contributed by atoms with Crippen molar-refractivity contribution in [3.05, 3.63) is 30.3 Å². The molecule has 0 aliphatic carbocycles. The first kappa shape index (κ1) is 18.2. The largest absolute Gasteiger partial charge is 0.417 e. The van der Waals surface area contributed by atoms with Crippen LogP contribution in [0.15, 0.2) is 30.3 Å². The van der Waals surface area contributed by atoms with Gasteiger partial charge in [-0.3, -0.25) is 0 Å². The van der Waals surface area contributed by atoms with E-state index < -0.39 is 5.97 Å². The zero-order valence-corrected chi connectivity index (χ0v) is 13.7. The molecule has 1 atom stereocenters. The molecule has 0 fully saturated rings. The lowest BCUT2D eigenvalue weighted by Crippen LogP contribution is -2.24. The Morgan fingerprint density at radius 3 is 2.55 bits per heavy atom. The van der Waals surface area contributed by atoms with Gasteiger partial charge in [0, 0.05) is 18.9 Å². The van der Waals surface area contributed by atoms with Gasteiger partial charge in [-0.1, -0.05) is 38.0 Å². The molecule has 1 aromatic carbocycles. The maximum absolute atomic E-state index is 11.6. The first-order chi connectivity index (χ1) is 10.4. The van der Waals surface area contributed by atoms with Crippen molar-refractivity contribution in [2.75, 3.05) is 13.2 Å². The molecule has 1 rings (SSSR count). The molecule has 0 amide bonds. The Morgan fingerprint density at radius 1 is 1.23 bits per heavy atom. The van der Waals surface area contributed by atoms with Gasteiger partial charge in [0.05, 0.1) is 6.61 Å². The highest BCUT2D eigenvalue weighted by Crippen LogP contribution is 2.20. The number of ether oxygens (including phenoxy) is 3. The standard InChI is InChI=1S/C18H24O4/c1-5-20-15(2)21-14-18(3,4)13-9-12-17(19)22-16-10-7-6-8-11-16/h6-8,10-11,15H,5,13-14H2,1-4H3. The average molecular weight is 304 g/mol. The number of hydrogen-bond donors (Lipinski definition) is 0. The number of hydrogen-bond acceptors (Lipinski definition) is 4. The molecule has 0 saturated carbocycles. The predicted molar refractivity (Wildman–Crippen MR) is 85.3 cm³/mol. The zero-order valence-electron chi connectivity index (χ0n) is 13.7. The van der Waals surface area contributed by atoms with Crippen LogP contribution in [-0.4, -0.2) is 25.5 Å². The molecule has 0 aromatic heterocycles. The van der Waals surface area contributed by atoms with E-state index >= 15 is 0 Å². The van der Waals surface area contributed by atoms with Crippen LogP contribution >= 0.6 is 0 Å². The van der Waals surface area contributed by atoms with Gasteiger partial charge in [0.2, 0.25) is 0 Å². The second kappa shape index (κ2) is 9.24. The van der Waals surface area contributed by atoms with Gasteiger partial charge in [-0.25, -0.2) is 4.79 Å². The third kappa shape index (κ3) is 7.82. The summed E-state index contributed by atoms with van der Waals surface area (Å²) in [6.45, 7) is 8.98. The van der Waals surface area contributed by atoms with Crippen LogP contribution in [0.25, 0.3) is 0 Å². The van der Waals surface area contributed by atoms with Gasteiger partial charge in [-0.05, 0) is 31.4 Å². The van der Waals surface area contributed by atoms with Crippen LogP contribution < -0.4 is 4.74 Å². The van der Waals surface area contributed by atoms with Crippen molar-refractivity contribution < 1.29 is 19.0 Å². The highest BCUT2D eigenvalue weighted by atomic mass is 16.7. The summed E-state index contributed by atoms with van der Waals surface area (Å²) in [4.78, 5) is 11.6. The Morgan fingerprint density at radius 2 is 1.91 bits per heavy atom. The molecule has 4 nitrogen and oxygen atoms in total. The van der Waals surface area contributed by atoms with Crippen molar-refractivity contribution in [2.24, 2.45) is 5.41 Å². The van der Waals surface area contributed by atoms with Gasteiger partial charge in [0.1, 0.15) is 5.75 Å². The lowest BCUT2D eigenvalue weighted by molar-refractivity contribution is -0.143. The van der Waals surface area contributed by atoms with E-state index in [0.717, 1.165) is 0 Å². The zero-order chi connectivity index (χ0) is 16.4. The van der Waals surface area contributed by atoms with E-state index in [1.54, 1.807) is 24.3 Å². The normalized spacial score (nSPS) is 12.2. The molecule has 0 heterocycles. The molecule has 22 heavy (non-hydrogen) atoms. The van der Waals surface area contributed by atoms with Crippen molar-refractivity contribution in [2.45, 2.75) is 40.4 Å². The van der Waals surface area contributed by atoms with Crippen LogP contribution in [0.3, 0.4) is 0 Å². The Bertz CT molecular complexity index is 511. The average Bonchev–Trinajstić information content (AvgIpc) is 2.46. The summed E-state index contributed by atoms with van der Waals surface area (Å²) in [6.07, 6.45) is 0.302. The molecular formula is C18H24O4. The van der Waals surface area contributed by atoms with E-state index in [2.05, 4.69) is 11.8 Å². The molecule has 4 heteroatoms. The SMILES string of the molecule is CCOC(C)OCC(C)(C)CC#CC(=O)Oc1ccccc1. The Labute approximate surface area is 132 Å². The van der Waals surface area contributed by atoms with E-state index in [1.807, 2.05) is 33.8 Å². The maximum atomic E-state index is 11.6. The summed E-state index contributed by atoms with van der Waals surface area (Å²) in [5.41, 5.74) is -0.161. The van der Waals surface area contributed by atoms with Gasteiger partial charge < -0.3 is 14.2 Å². The lowest BCUT2D eigenvalue weighted by atomic mass is 9.91. The molecule has 1 aromatic rings. The molecule has 0 N–H and O–H groups in total. The quantitative estimate of drug-likeness (QED) is 0.255. The number of rotatable bonds is 7. The van der Waals surface area contributed by atoms with Gasteiger partial charge in [-0.2, -0.15) is 0 Å². The predicted octanol–water partition coefficient (Wildman–Crippen LogP) is 3.41. The van der Waals surface area contributed by atoms with E-state index in [0.29, 0.717) is 25.4 Å². The topological polar surface area (TPSA) is 44.8 Å². The molecule has 120 valence electrons. The molecule has 0 spiro atoms. The van der Waals surface area contributed by atoms with Crippen LogP contribution in [-0.2, 0) is 14.3 Å². The summed E-state index contributed by atoms with van der Waals surface area (Å²) in [5.74, 6) is 5.30. The summed E-state index contributed by atoms with van der Waals surface area (Å²) >= 11 is 0. The number of esters is 1. The summed E-state index contributed by atoms with van der Waals surface area (Å²) in [7, 11) is 0. The molecule has 0 saturated heterocycles. The Hall–Kier alpha value is -1.83. The van der Waals surface area contributed by atoms with E-state index in [9.17, 15) is 4.79 Å². The minimum absolute atomic E-state index is 0.161. The second-order valence-corrected chi connectivity index (χ2v) is 5.68. The first-order valence-corrected chi connectivity index (χ1v) is 7.42. The van der Waals surface area contributed by atoms with Gasteiger partial charge in [0.25, 0.3) is 0 Å². The third-order valence-electron chi connectivity index (χ3n) is 2.82. The highest BCUT2D eigenvalue weighted by molar-refractivity contribution is 5.90. The smallest absolute Gasteiger partial charge is 0.389 e. The number of carbonyl (C=O) groups excluding carboxylic acids is 1. The summed E-state index contributed by atoms with van der Waals surface area (Å²) in [6, 6.07) is 8.89. The summed E-state index contributed by atoms with van der Waals surface area (Å²) in [5, 5.41) is 0. The number of benzene rings is 1. The van der Waals surface area contributed by atoms with Crippen molar-refractivity contribution in [3.8, 4) is 17.6 Å². The Kier molecular flexibility index (Phi) is 7.65. The second-order valence-electron chi connectivity index (χ2n) is 5.68. The lowest BCUT2D eigenvalue weighted by Gasteiger charge is -2.24. The molecular weight excluding hydrogens is 280 g/mol. The molecule has 1 unspecified atom stereocenters. The molecule has 0 aliphatic rings. The van der Waals surface area contributed by atoms with Gasteiger partial charge >= 0.3 is 5.97 Å². The number of carbonyl (C=O) groups is 1. The van der Waals surface area contributed by atoms with Crippen molar-refractivity contribution in [1.29, 1.82) is 0 Å². The third-order valence-corrected chi connectivity index (χ3v) is 2.82. The van der Waals surface area contributed by atoms with Crippen LogP contribution in [0.4, 0.5) is 0 Å². The molecule has 0 aliphatic heterocycles. The monoisotopic (exact) mass is 304 g/mol. The fourth-order valence-electron chi connectivity index (χ4n) is 1.65. The van der Waals surface area contributed by atoms with Crippen molar-refractivity contribution >= 4 is 5.97 Å². The fraction of sp³-hybridized carbons (Fsp3) is 0.500. The van der Waals surface area contributed by atoms with Crippen LogP contribution in [0.1, 0.15) is 34.1 Å². The molecule has 0 bridgehead atoms. The minimum Gasteiger partial charge on any atom is -0.417 e. The van der Waals surface area contributed by atoms with E-state index in [1.165, 1.54) is 0 Å². The van der Waals surface area contributed by atoms with E-state index in [4.69, 9.17) is 14.2 Å². The fourth-order valence-corrected chi connectivity index (χ4v) is 1.65. The summed E-state index contributed by atoms with van der Waals surface area (Å²) < 4.78 is 16.0. The van der Waals surface area contributed by atoms with E-state index in [-0.39, 0.29) is 11.7 Å². The number of para-hydroxylation sites is 1. The van der Waals surface area contributed by atoms with Crippen LogP contribution in [0.5, 0.6) is 5.75 Å². The van der Waals surface area contributed by atoms with Crippen molar-refractivity contribution in [3.63, 3.8) is 0 Å². The van der Waals surface area contributed by atoms with Crippen LogP contribution in [0.2, 0.25) is 0 Å².